The van der Waals surface area contributed by atoms with Crippen molar-refractivity contribution in [2.75, 3.05) is 0 Å². The number of carbonyl (C=O) groups is 1. The first-order chi connectivity index (χ1) is 11.5. The van der Waals surface area contributed by atoms with E-state index >= 15 is 0 Å². The van der Waals surface area contributed by atoms with Crippen LogP contribution in [0.2, 0.25) is 5.02 Å². The maximum atomic E-state index is 13.3. The van der Waals surface area contributed by atoms with Crippen molar-refractivity contribution in [3.63, 3.8) is 0 Å². The summed E-state index contributed by atoms with van der Waals surface area (Å²) in [5.41, 5.74) is 4.41. The van der Waals surface area contributed by atoms with Crippen molar-refractivity contribution in [1.29, 1.82) is 0 Å². The van der Waals surface area contributed by atoms with Crippen molar-refractivity contribution in [1.82, 2.24) is 5.43 Å². The molecule has 0 unspecified atom stereocenters. The molecule has 0 saturated heterocycles. The van der Waals surface area contributed by atoms with Crippen LogP contribution in [0.25, 0.3) is 10.1 Å². The molecule has 6 heteroatoms. The summed E-state index contributed by atoms with van der Waals surface area (Å²) in [6.45, 7) is 1.84. The number of thiophene rings is 1. The Balaban J connectivity index is 1.75. The number of rotatable bonds is 4. The highest BCUT2D eigenvalue weighted by molar-refractivity contribution is 7.21. The fraction of sp³-hybridized carbons (Fsp3) is 0.111. The molecule has 1 N–H and O–H groups in total. The van der Waals surface area contributed by atoms with Crippen molar-refractivity contribution in [3.8, 4) is 0 Å². The van der Waals surface area contributed by atoms with E-state index in [-0.39, 0.29) is 5.82 Å². The number of hydrazone groups is 1. The van der Waals surface area contributed by atoms with E-state index in [1.54, 1.807) is 6.07 Å². The maximum absolute atomic E-state index is 13.3. The molecule has 3 nitrogen and oxygen atoms in total. The second-order valence-electron chi connectivity index (χ2n) is 5.34. The molecule has 1 amide bonds. The number of benzene rings is 2. The molecule has 0 saturated carbocycles. The van der Waals surface area contributed by atoms with E-state index in [1.165, 1.54) is 12.1 Å². The van der Waals surface area contributed by atoms with Gasteiger partial charge in [0.1, 0.15) is 10.7 Å². The molecular formula is C18H14ClFN2OS. The predicted octanol–water partition coefficient (Wildman–Crippen LogP) is 5.04. The lowest BCUT2D eigenvalue weighted by Gasteiger charge is -2.02. The van der Waals surface area contributed by atoms with Crippen molar-refractivity contribution in [3.05, 3.63) is 69.8 Å². The molecule has 0 atom stereocenters. The standard InChI is InChI=1S/C18H14ClFN2OS/c1-11(9-12-5-3-2-4-6-12)21-22-18(23)17-16(19)14-8-7-13(20)10-15(14)24-17/h2-8,10H,9H2,1H3,(H,22,23)/b21-11-. The van der Waals surface area contributed by atoms with Gasteiger partial charge < -0.3 is 0 Å². The SMILES string of the molecule is C/C(Cc1ccccc1)=N/NC(=O)c1sc2cc(F)ccc2c1Cl. The monoisotopic (exact) mass is 360 g/mol. The van der Waals surface area contributed by atoms with Gasteiger partial charge in [0.05, 0.1) is 5.02 Å². The van der Waals surface area contributed by atoms with E-state index in [1.807, 2.05) is 37.3 Å². The lowest BCUT2D eigenvalue weighted by Crippen LogP contribution is -2.18. The molecule has 3 rings (SSSR count). The lowest BCUT2D eigenvalue weighted by molar-refractivity contribution is 0.0959. The topological polar surface area (TPSA) is 41.5 Å². The van der Waals surface area contributed by atoms with Gasteiger partial charge in [0.2, 0.25) is 0 Å². The molecule has 1 heterocycles. The smallest absolute Gasteiger partial charge is 0.266 e. The van der Waals surface area contributed by atoms with Crippen molar-refractivity contribution < 1.29 is 9.18 Å². The van der Waals surface area contributed by atoms with Crippen LogP contribution in [0, 0.1) is 5.82 Å². The van der Waals surface area contributed by atoms with E-state index in [9.17, 15) is 9.18 Å². The lowest BCUT2D eigenvalue weighted by atomic mass is 10.1. The summed E-state index contributed by atoms with van der Waals surface area (Å²) in [6, 6.07) is 14.1. The van der Waals surface area contributed by atoms with Gasteiger partial charge in [-0.3, -0.25) is 4.79 Å². The van der Waals surface area contributed by atoms with Crippen LogP contribution in [0.1, 0.15) is 22.2 Å². The van der Waals surface area contributed by atoms with Gasteiger partial charge in [0.15, 0.2) is 0 Å². The highest BCUT2D eigenvalue weighted by atomic mass is 35.5. The third-order valence-corrected chi connectivity index (χ3v) is 5.10. The molecular weight excluding hydrogens is 347 g/mol. The molecule has 3 aromatic rings. The predicted molar refractivity (Wildman–Crippen MR) is 97.5 cm³/mol. The Morgan fingerprint density at radius 1 is 1.25 bits per heavy atom. The summed E-state index contributed by atoms with van der Waals surface area (Å²) >= 11 is 7.38. The number of hydrogen-bond donors (Lipinski definition) is 1. The van der Waals surface area contributed by atoms with Crippen LogP contribution >= 0.6 is 22.9 Å². The number of nitrogens with one attached hydrogen (secondary N) is 1. The zero-order valence-corrected chi connectivity index (χ0v) is 14.4. The fourth-order valence-corrected chi connectivity index (χ4v) is 3.74. The Kier molecular flexibility index (Phi) is 4.92. The summed E-state index contributed by atoms with van der Waals surface area (Å²) < 4.78 is 13.9. The quantitative estimate of drug-likeness (QED) is 0.514. The molecule has 0 radical (unpaired) electrons. The highest BCUT2D eigenvalue weighted by Crippen LogP contribution is 2.35. The summed E-state index contributed by atoms with van der Waals surface area (Å²) in [7, 11) is 0. The van der Waals surface area contributed by atoms with E-state index in [0.29, 0.717) is 26.4 Å². The van der Waals surface area contributed by atoms with Crippen LogP contribution in [-0.4, -0.2) is 11.6 Å². The van der Waals surface area contributed by atoms with Gasteiger partial charge in [-0.05, 0) is 30.7 Å². The van der Waals surface area contributed by atoms with Gasteiger partial charge in [-0.1, -0.05) is 41.9 Å². The first kappa shape index (κ1) is 16.6. The van der Waals surface area contributed by atoms with Crippen molar-refractivity contribution >= 4 is 44.6 Å². The highest BCUT2D eigenvalue weighted by Gasteiger charge is 2.17. The number of halogens is 2. The molecule has 0 aliphatic rings. The van der Waals surface area contributed by atoms with E-state index in [0.717, 1.165) is 22.6 Å². The molecule has 2 aromatic carbocycles. The van der Waals surface area contributed by atoms with Crippen LogP contribution in [0.15, 0.2) is 53.6 Å². The Bertz CT molecular complexity index is 921. The van der Waals surface area contributed by atoms with Crippen LogP contribution in [-0.2, 0) is 6.42 Å². The minimum Gasteiger partial charge on any atom is -0.266 e. The molecule has 0 spiro atoms. The fourth-order valence-electron chi connectivity index (χ4n) is 2.31. The van der Waals surface area contributed by atoms with E-state index in [2.05, 4.69) is 10.5 Å². The third kappa shape index (κ3) is 3.63. The van der Waals surface area contributed by atoms with Gasteiger partial charge in [0.25, 0.3) is 5.91 Å². The van der Waals surface area contributed by atoms with Crippen LogP contribution < -0.4 is 5.43 Å². The van der Waals surface area contributed by atoms with Gasteiger partial charge in [-0.25, -0.2) is 9.82 Å². The molecule has 0 fully saturated rings. The molecule has 24 heavy (non-hydrogen) atoms. The normalized spacial score (nSPS) is 11.7. The largest absolute Gasteiger partial charge is 0.283 e. The minimum absolute atomic E-state index is 0.323. The summed E-state index contributed by atoms with van der Waals surface area (Å²) in [4.78, 5) is 12.6. The third-order valence-electron chi connectivity index (χ3n) is 3.45. The van der Waals surface area contributed by atoms with Crippen molar-refractivity contribution in [2.24, 2.45) is 5.10 Å². The van der Waals surface area contributed by atoms with Crippen LogP contribution in [0.3, 0.4) is 0 Å². The maximum Gasteiger partial charge on any atom is 0.283 e. The van der Waals surface area contributed by atoms with E-state index in [4.69, 9.17) is 11.6 Å². The van der Waals surface area contributed by atoms with E-state index < -0.39 is 5.91 Å². The van der Waals surface area contributed by atoms with Gasteiger partial charge in [-0.2, -0.15) is 5.10 Å². The Hall–Kier alpha value is -2.24. The Morgan fingerprint density at radius 2 is 2.00 bits per heavy atom. The van der Waals surface area contributed by atoms with Crippen LogP contribution in [0.4, 0.5) is 4.39 Å². The first-order valence-electron chi connectivity index (χ1n) is 7.29. The van der Waals surface area contributed by atoms with Crippen molar-refractivity contribution in [2.45, 2.75) is 13.3 Å². The molecule has 0 bridgehead atoms. The average Bonchev–Trinajstić information content (AvgIpc) is 2.90. The number of fused-ring (bicyclic) bond motifs is 1. The molecule has 122 valence electrons. The summed E-state index contributed by atoms with van der Waals surface area (Å²) in [5.74, 6) is -0.752. The summed E-state index contributed by atoms with van der Waals surface area (Å²) in [6.07, 6.45) is 0.645. The second-order valence-corrected chi connectivity index (χ2v) is 6.77. The zero-order chi connectivity index (χ0) is 17.1. The average molecular weight is 361 g/mol. The number of amides is 1. The Labute approximate surface area is 147 Å². The minimum atomic E-state index is -0.394. The zero-order valence-electron chi connectivity index (χ0n) is 12.8. The molecule has 0 aliphatic carbocycles. The number of hydrogen-bond acceptors (Lipinski definition) is 3. The van der Waals surface area contributed by atoms with Gasteiger partial charge in [-0.15, -0.1) is 11.3 Å². The van der Waals surface area contributed by atoms with Gasteiger partial charge in [0, 0.05) is 22.2 Å². The Morgan fingerprint density at radius 3 is 2.75 bits per heavy atom. The molecule has 0 aliphatic heterocycles. The molecule has 1 aromatic heterocycles. The second kappa shape index (κ2) is 7.11. The van der Waals surface area contributed by atoms with Gasteiger partial charge >= 0.3 is 0 Å². The number of carbonyl (C=O) groups excluding carboxylic acids is 1. The first-order valence-corrected chi connectivity index (χ1v) is 8.49. The van der Waals surface area contributed by atoms with Crippen LogP contribution in [0.5, 0.6) is 0 Å². The summed E-state index contributed by atoms with van der Waals surface area (Å²) in [5, 5.41) is 5.10. The number of nitrogens with zero attached hydrogens (tertiary/aromatic N) is 1.